The van der Waals surface area contributed by atoms with Crippen molar-refractivity contribution in [3.63, 3.8) is 0 Å². The summed E-state index contributed by atoms with van der Waals surface area (Å²) >= 11 is 0. The predicted octanol–water partition coefficient (Wildman–Crippen LogP) is 4.66. The topological polar surface area (TPSA) is 42.5 Å². The second kappa shape index (κ2) is 7.93. The quantitative estimate of drug-likeness (QED) is 0.701. The highest BCUT2D eigenvalue weighted by Gasteiger charge is 2.41. The molecule has 0 aromatic rings. The minimum absolute atomic E-state index is 0.109. The Hall–Kier alpha value is -0.160. The Morgan fingerprint density at radius 3 is 1.44 bits per heavy atom. The summed E-state index contributed by atoms with van der Waals surface area (Å²) in [7, 11) is 0. The third kappa shape index (κ3) is 7.30. The number of rotatable bonds is 6. The number of ether oxygens (including phenoxy) is 2. The van der Waals surface area contributed by atoms with Gasteiger partial charge in [-0.25, -0.2) is 0 Å². The summed E-state index contributed by atoms with van der Waals surface area (Å²) in [6.07, 6.45) is 4.93. The van der Waals surface area contributed by atoms with Gasteiger partial charge in [0.25, 0.3) is 0 Å². The molecule has 27 heavy (non-hydrogen) atoms. The highest BCUT2D eigenvalue weighted by molar-refractivity contribution is 4.99. The SMILES string of the molecule is CC(C)C(COC1CC(C)(C)NC(C)(C)C1)OC1CC(C)(C)NC(C)(C)C1. The first-order valence-electron chi connectivity index (χ1n) is 10.9. The summed E-state index contributed by atoms with van der Waals surface area (Å²) in [5.74, 6) is 0.453. The molecule has 2 saturated heterocycles. The predicted molar refractivity (Wildman–Crippen MR) is 114 cm³/mol. The van der Waals surface area contributed by atoms with E-state index in [9.17, 15) is 0 Å². The lowest BCUT2D eigenvalue weighted by molar-refractivity contribution is -0.127. The van der Waals surface area contributed by atoms with Crippen LogP contribution in [-0.4, -0.2) is 47.1 Å². The number of piperidine rings is 2. The van der Waals surface area contributed by atoms with Crippen LogP contribution in [0.5, 0.6) is 0 Å². The van der Waals surface area contributed by atoms with Crippen molar-refractivity contribution in [1.29, 1.82) is 0 Å². The van der Waals surface area contributed by atoms with Crippen LogP contribution in [0, 0.1) is 5.92 Å². The summed E-state index contributed by atoms with van der Waals surface area (Å²) in [5, 5.41) is 7.49. The van der Waals surface area contributed by atoms with E-state index in [4.69, 9.17) is 9.47 Å². The smallest absolute Gasteiger partial charge is 0.0835 e. The van der Waals surface area contributed by atoms with E-state index in [1.165, 1.54) is 0 Å². The Labute approximate surface area is 168 Å². The van der Waals surface area contributed by atoms with Gasteiger partial charge in [0.15, 0.2) is 0 Å². The van der Waals surface area contributed by atoms with Crippen molar-refractivity contribution in [2.24, 2.45) is 5.92 Å². The number of hydrogen-bond donors (Lipinski definition) is 2. The van der Waals surface area contributed by atoms with Gasteiger partial charge in [-0.1, -0.05) is 13.8 Å². The molecule has 2 heterocycles. The van der Waals surface area contributed by atoms with E-state index in [1.54, 1.807) is 0 Å². The van der Waals surface area contributed by atoms with Crippen LogP contribution in [0.15, 0.2) is 0 Å². The lowest BCUT2D eigenvalue weighted by Gasteiger charge is -2.48. The second-order valence-corrected chi connectivity index (χ2v) is 12.1. The lowest BCUT2D eigenvalue weighted by Crippen LogP contribution is -2.60. The molecule has 2 N–H and O–H groups in total. The van der Waals surface area contributed by atoms with Gasteiger partial charge in [-0.2, -0.15) is 0 Å². The van der Waals surface area contributed by atoms with Crippen molar-refractivity contribution >= 4 is 0 Å². The van der Waals surface area contributed by atoms with Gasteiger partial charge in [0.05, 0.1) is 24.9 Å². The lowest BCUT2D eigenvalue weighted by atomic mass is 9.80. The molecule has 1 unspecified atom stereocenters. The van der Waals surface area contributed by atoms with Crippen molar-refractivity contribution < 1.29 is 9.47 Å². The zero-order valence-electron chi connectivity index (χ0n) is 19.7. The van der Waals surface area contributed by atoms with Crippen LogP contribution in [-0.2, 0) is 9.47 Å². The molecule has 0 aromatic carbocycles. The van der Waals surface area contributed by atoms with E-state index in [2.05, 4.69) is 79.9 Å². The van der Waals surface area contributed by atoms with Crippen molar-refractivity contribution in [2.45, 2.75) is 135 Å². The van der Waals surface area contributed by atoms with Crippen LogP contribution in [0.3, 0.4) is 0 Å². The maximum absolute atomic E-state index is 6.64. The van der Waals surface area contributed by atoms with Gasteiger partial charge in [-0.05, 0) is 87.0 Å². The molecule has 0 aromatic heterocycles. The highest BCUT2D eigenvalue weighted by atomic mass is 16.5. The fourth-order valence-electron chi connectivity index (χ4n) is 5.54. The number of nitrogens with one attached hydrogen (secondary N) is 2. The molecule has 0 radical (unpaired) electrons. The highest BCUT2D eigenvalue weighted by Crippen LogP contribution is 2.33. The van der Waals surface area contributed by atoms with Crippen LogP contribution in [0.2, 0.25) is 0 Å². The maximum Gasteiger partial charge on any atom is 0.0835 e. The van der Waals surface area contributed by atoms with Crippen molar-refractivity contribution in [1.82, 2.24) is 10.6 Å². The van der Waals surface area contributed by atoms with Gasteiger partial charge >= 0.3 is 0 Å². The minimum atomic E-state index is 0.109. The van der Waals surface area contributed by atoms with Gasteiger partial charge < -0.3 is 20.1 Å². The Balaban J connectivity index is 1.96. The summed E-state index contributed by atoms with van der Waals surface area (Å²) < 4.78 is 13.1. The van der Waals surface area contributed by atoms with Crippen LogP contribution < -0.4 is 10.6 Å². The average Bonchev–Trinajstić information content (AvgIpc) is 2.35. The Kier molecular flexibility index (Phi) is 6.79. The van der Waals surface area contributed by atoms with E-state index < -0.39 is 0 Å². The van der Waals surface area contributed by atoms with Crippen LogP contribution in [0.1, 0.15) is 94.9 Å². The monoisotopic (exact) mass is 382 g/mol. The standard InChI is InChI=1S/C23H46N2O2/c1-16(2)19(27-18-13-22(7,8)25-23(9,10)14-18)15-26-17-11-20(3,4)24-21(5,6)12-17/h16-19,24-25H,11-15H2,1-10H3. The fraction of sp³-hybridized carbons (Fsp3) is 1.00. The normalized spacial score (nSPS) is 29.0. The molecular formula is C23H46N2O2. The Morgan fingerprint density at radius 1 is 0.704 bits per heavy atom. The largest absolute Gasteiger partial charge is 0.375 e. The van der Waals surface area contributed by atoms with E-state index in [0.29, 0.717) is 18.6 Å². The summed E-state index contributed by atoms with van der Waals surface area (Å²) in [6.45, 7) is 23.4. The van der Waals surface area contributed by atoms with E-state index in [0.717, 1.165) is 25.7 Å². The van der Waals surface area contributed by atoms with Crippen molar-refractivity contribution in [3.05, 3.63) is 0 Å². The zero-order valence-corrected chi connectivity index (χ0v) is 19.7. The molecule has 2 aliphatic rings. The molecule has 1 atom stereocenters. The molecule has 0 amide bonds. The summed E-state index contributed by atoms with van der Waals surface area (Å²) in [4.78, 5) is 0. The van der Waals surface area contributed by atoms with Gasteiger partial charge in [0.1, 0.15) is 0 Å². The van der Waals surface area contributed by atoms with E-state index in [1.807, 2.05) is 0 Å². The minimum Gasteiger partial charge on any atom is -0.375 e. The fourth-order valence-corrected chi connectivity index (χ4v) is 5.54. The first-order chi connectivity index (χ1) is 12.1. The Morgan fingerprint density at radius 2 is 1.07 bits per heavy atom. The third-order valence-electron chi connectivity index (χ3n) is 5.91. The zero-order chi connectivity index (χ0) is 20.7. The average molecular weight is 383 g/mol. The molecule has 2 aliphatic heterocycles. The Bertz CT molecular complexity index is 465. The molecule has 4 nitrogen and oxygen atoms in total. The second-order valence-electron chi connectivity index (χ2n) is 12.1. The molecule has 160 valence electrons. The van der Waals surface area contributed by atoms with Gasteiger partial charge in [0, 0.05) is 22.2 Å². The molecule has 0 saturated carbocycles. The molecule has 2 rings (SSSR count). The van der Waals surface area contributed by atoms with E-state index in [-0.39, 0.29) is 34.4 Å². The van der Waals surface area contributed by atoms with Crippen LogP contribution in [0.4, 0.5) is 0 Å². The molecule has 0 aliphatic carbocycles. The maximum atomic E-state index is 6.64. The van der Waals surface area contributed by atoms with Gasteiger partial charge in [-0.15, -0.1) is 0 Å². The van der Waals surface area contributed by atoms with Gasteiger partial charge in [-0.3, -0.25) is 0 Å². The molecular weight excluding hydrogens is 336 g/mol. The summed E-state index contributed by atoms with van der Waals surface area (Å²) in [6, 6.07) is 0. The molecule has 0 bridgehead atoms. The van der Waals surface area contributed by atoms with Crippen LogP contribution in [0.25, 0.3) is 0 Å². The first kappa shape index (κ1) is 23.1. The molecule has 2 fully saturated rings. The first-order valence-corrected chi connectivity index (χ1v) is 10.9. The molecule has 0 spiro atoms. The van der Waals surface area contributed by atoms with Crippen molar-refractivity contribution in [2.75, 3.05) is 6.61 Å². The van der Waals surface area contributed by atoms with Gasteiger partial charge in [0.2, 0.25) is 0 Å². The van der Waals surface area contributed by atoms with E-state index >= 15 is 0 Å². The van der Waals surface area contributed by atoms with Crippen LogP contribution >= 0.6 is 0 Å². The number of hydrogen-bond acceptors (Lipinski definition) is 4. The molecule has 4 heteroatoms. The van der Waals surface area contributed by atoms with Crippen molar-refractivity contribution in [3.8, 4) is 0 Å². The third-order valence-corrected chi connectivity index (χ3v) is 5.91. The summed E-state index contributed by atoms with van der Waals surface area (Å²) in [5.41, 5.74) is 0.448.